The van der Waals surface area contributed by atoms with Crippen molar-refractivity contribution in [3.05, 3.63) is 11.4 Å². The van der Waals surface area contributed by atoms with Gasteiger partial charge in [-0.3, -0.25) is 5.10 Å². The maximum atomic E-state index is 4.19. The molecule has 0 saturated heterocycles. The van der Waals surface area contributed by atoms with E-state index in [0.717, 1.165) is 18.5 Å². The molecule has 0 unspecified atom stereocenters. The second kappa shape index (κ2) is 3.42. The van der Waals surface area contributed by atoms with Crippen molar-refractivity contribution in [2.24, 2.45) is 0 Å². The van der Waals surface area contributed by atoms with E-state index in [4.69, 9.17) is 0 Å². The molecule has 11 heavy (non-hydrogen) atoms. The molecule has 1 rings (SSSR count). The summed E-state index contributed by atoms with van der Waals surface area (Å²) in [5, 5.41) is 10.4. The zero-order chi connectivity index (χ0) is 8.27. The van der Waals surface area contributed by atoms with Crippen molar-refractivity contribution in [3.63, 3.8) is 0 Å². The molecule has 0 bridgehead atoms. The van der Waals surface area contributed by atoms with E-state index in [0.29, 0.717) is 0 Å². The molecule has 0 fully saturated rings. The van der Waals surface area contributed by atoms with Crippen LogP contribution in [0.2, 0.25) is 0 Å². The summed E-state index contributed by atoms with van der Waals surface area (Å²) < 4.78 is 0. The molecular weight excluding hydrogens is 138 g/mol. The molecule has 0 aliphatic carbocycles. The van der Waals surface area contributed by atoms with Gasteiger partial charge < -0.3 is 5.32 Å². The molecular formula is C8H15N3. The Hall–Kier alpha value is -0.990. The van der Waals surface area contributed by atoms with Crippen molar-refractivity contribution in [3.8, 4) is 0 Å². The summed E-state index contributed by atoms with van der Waals surface area (Å²) >= 11 is 0. The molecule has 0 atom stereocenters. The molecule has 1 heterocycles. The van der Waals surface area contributed by atoms with Gasteiger partial charge in [0.05, 0.1) is 17.1 Å². The van der Waals surface area contributed by atoms with E-state index in [1.165, 1.54) is 11.4 Å². The number of anilines is 1. The Morgan fingerprint density at radius 2 is 2.09 bits per heavy atom. The molecule has 1 aromatic heterocycles. The number of hydrogen-bond donors (Lipinski definition) is 2. The quantitative estimate of drug-likeness (QED) is 0.692. The zero-order valence-corrected chi connectivity index (χ0v) is 7.36. The van der Waals surface area contributed by atoms with Gasteiger partial charge in [-0.1, -0.05) is 13.8 Å². The van der Waals surface area contributed by atoms with Crippen LogP contribution in [0, 0.1) is 0 Å². The molecule has 3 nitrogen and oxygen atoms in total. The number of H-pyrrole nitrogens is 1. The summed E-state index contributed by atoms with van der Waals surface area (Å²) in [5.41, 5.74) is 3.50. The summed E-state index contributed by atoms with van der Waals surface area (Å²) in [6.45, 7) is 4.23. The Kier molecular flexibility index (Phi) is 2.52. The van der Waals surface area contributed by atoms with Crippen molar-refractivity contribution in [2.75, 3.05) is 12.4 Å². The van der Waals surface area contributed by atoms with Gasteiger partial charge >= 0.3 is 0 Å². The largest absolute Gasteiger partial charge is 0.385 e. The Morgan fingerprint density at radius 1 is 1.36 bits per heavy atom. The predicted octanol–water partition coefficient (Wildman–Crippen LogP) is 1.58. The van der Waals surface area contributed by atoms with Gasteiger partial charge in [-0.05, 0) is 12.8 Å². The highest BCUT2D eigenvalue weighted by molar-refractivity contribution is 5.51. The minimum absolute atomic E-state index is 0.979. The van der Waals surface area contributed by atoms with Gasteiger partial charge in [0, 0.05) is 7.05 Å². The number of aryl methyl sites for hydroxylation is 2. The molecule has 0 amide bonds. The van der Waals surface area contributed by atoms with Crippen LogP contribution >= 0.6 is 0 Å². The number of hydrogen-bond acceptors (Lipinski definition) is 2. The third kappa shape index (κ3) is 1.37. The molecule has 0 aliphatic heterocycles. The Bertz CT molecular complexity index is 206. The van der Waals surface area contributed by atoms with Crippen LogP contribution in [-0.2, 0) is 12.8 Å². The molecule has 2 N–H and O–H groups in total. The van der Waals surface area contributed by atoms with Gasteiger partial charge in [-0.25, -0.2) is 0 Å². The monoisotopic (exact) mass is 153 g/mol. The van der Waals surface area contributed by atoms with Crippen molar-refractivity contribution in [1.82, 2.24) is 10.2 Å². The normalized spacial score (nSPS) is 10.1. The van der Waals surface area contributed by atoms with Crippen LogP contribution < -0.4 is 5.32 Å². The first-order chi connectivity index (χ1) is 5.33. The van der Waals surface area contributed by atoms with Crippen LogP contribution in [-0.4, -0.2) is 17.2 Å². The van der Waals surface area contributed by atoms with E-state index in [-0.39, 0.29) is 0 Å². The number of aromatic amines is 1. The van der Waals surface area contributed by atoms with Gasteiger partial charge in [0.1, 0.15) is 0 Å². The van der Waals surface area contributed by atoms with Crippen LogP contribution in [0.25, 0.3) is 0 Å². The fraction of sp³-hybridized carbons (Fsp3) is 0.625. The highest BCUT2D eigenvalue weighted by atomic mass is 15.1. The van der Waals surface area contributed by atoms with Crippen molar-refractivity contribution in [1.29, 1.82) is 0 Å². The average molecular weight is 153 g/mol. The van der Waals surface area contributed by atoms with Crippen LogP contribution in [0.3, 0.4) is 0 Å². The minimum atomic E-state index is 0.979. The standard InChI is InChI=1S/C8H15N3/c1-4-6-8(9-3)7(5-2)11-10-6/h9H,4-5H2,1-3H3,(H,10,11). The maximum absolute atomic E-state index is 4.19. The van der Waals surface area contributed by atoms with Gasteiger partial charge in [0.15, 0.2) is 0 Å². The van der Waals surface area contributed by atoms with E-state index < -0.39 is 0 Å². The van der Waals surface area contributed by atoms with Crippen molar-refractivity contribution < 1.29 is 0 Å². The lowest BCUT2D eigenvalue weighted by Crippen LogP contribution is -1.94. The summed E-state index contributed by atoms with van der Waals surface area (Å²) in [5.74, 6) is 0. The van der Waals surface area contributed by atoms with Crippen LogP contribution in [0.5, 0.6) is 0 Å². The molecule has 0 spiro atoms. The zero-order valence-electron chi connectivity index (χ0n) is 7.36. The Balaban J connectivity index is 2.99. The fourth-order valence-electron chi connectivity index (χ4n) is 1.23. The highest BCUT2D eigenvalue weighted by Gasteiger charge is 2.06. The third-order valence-electron chi connectivity index (χ3n) is 1.85. The molecule has 0 saturated carbocycles. The minimum Gasteiger partial charge on any atom is -0.385 e. The van der Waals surface area contributed by atoms with E-state index in [1.807, 2.05) is 7.05 Å². The van der Waals surface area contributed by atoms with E-state index in [9.17, 15) is 0 Å². The Labute approximate surface area is 67.2 Å². The lowest BCUT2D eigenvalue weighted by molar-refractivity contribution is 0.936. The predicted molar refractivity (Wildman–Crippen MR) is 46.9 cm³/mol. The number of rotatable bonds is 3. The van der Waals surface area contributed by atoms with Crippen molar-refractivity contribution >= 4 is 5.69 Å². The topological polar surface area (TPSA) is 40.7 Å². The molecule has 0 aromatic carbocycles. The summed E-state index contributed by atoms with van der Waals surface area (Å²) in [7, 11) is 1.93. The molecule has 0 aliphatic rings. The number of nitrogens with one attached hydrogen (secondary N) is 2. The van der Waals surface area contributed by atoms with Crippen LogP contribution in [0.4, 0.5) is 5.69 Å². The third-order valence-corrected chi connectivity index (χ3v) is 1.85. The van der Waals surface area contributed by atoms with E-state index in [2.05, 4.69) is 29.4 Å². The van der Waals surface area contributed by atoms with E-state index in [1.54, 1.807) is 0 Å². The van der Waals surface area contributed by atoms with E-state index >= 15 is 0 Å². The first-order valence-corrected chi connectivity index (χ1v) is 4.07. The van der Waals surface area contributed by atoms with Crippen LogP contribution in [0.15, 0.2) is 0 Å². The van der Waals surface area contributed by atoms with Gasteiger partial charge in [0.25, 0.3) is 0 Å². The summed E-state index contributed by atoms with van der Waals surface area (Å²) in [6, 6.07) is 0. The number of aromatic nitrogens is 2. The van der Waals surface area contributed by atoms with Crippen molar-refractivity contribution in [2.45, 2.75) is 26.7 Å². The first kappa shape index (κ1) is 8.11. The lowest BCUT2D eigenvalue weighted by Gasteiger charge is -2.00. The average Bonchev–Trinajstić information content (AvgIpc) is 2.45. The van der Waals surface area contributed by atoms with Gasteiger partial charge in [-0.2, -0.15) is 5.10 Å². The smallest absolute Gasteiger partial charge is 0.0853 e. The van der Waals surface area contributed by atoms with Crippen LogP contribution in [0.1, 0.15) is 25.2 Å². The molecule has 3 heteroatoms. The summed E-state index contributed by atoms with van der Waals surface area (Å²) in [6.07, 6.45) is 1.98. The lowest BCUT2D eigenvalue weighted by atomic mass is 10.2. The molecule has 1 aromatic rings. The van der Waals surface area contributed by atoms with Gasteiger partial charge in [-0.15, -0.1) is 0 Å². The number of nitrogens with zero attached hydrogens (tertiary/aromatic N) is 1. The second-order valence-corrected chi connectivity index (χ2v) is 2.48. The maximum Gasteiger partial charge on any atom is 0.0853 e. The molecule has 62 valence electrons. The second-order valence-electron chi connectivity index (χ2n) is 2.48. The highest BCUT2D eigenvalue weighted by Crippen LogP contribution is 2.17. The molecule has 0 radical (unpaired) electrons. The Morgan fingerprint density at radius 3 is 2.55 bits per heavy atom. The first-order valence-electron chi connectivity index (χ1n) is 4.07. The SMILES string of the molecule is CCc1n[nH]c(CC)c1NC. The van der Waals surface area contributed by atoms with Gasteiger partial charge in [0.2, 0.25) is 0 Å². The summed E-state index contributed by atoms with van der Waals surface area (Å²) in [4.78, 5) is 0. The fourth-order valence-corrected chi connectivity index (χ4v) is 1.23.